The Labute approximate surface area is 67.2 Å². The van der Waals surface area contributed by atoms with E-state index in [9.17, 15) is 0 Å². The number of nitrogens with one attached hydrogen (secondary N) is 3. The van der Waals surface area contributed by atoms with Gasteiger partial charge in [0.2, 0.25) is 0 Å². The van der Waals surface area contributed by atoms with Crippen LogP contribution in [0.4, 0.5) is 0 Å². The van der Waals surface area contributed by atoms with Gasteiger partial charge in [-0.3, -0.25) is 10.8 Å². The first-order valence-electron chi connectivity index (χ1n) is 4.02. The molecule has 3 N–H and O–H groups in total. The highest BCUT2D eigenvalue weighted by Gasteiger charge is 2.45. The van der Waals surface area contributed by atoms with E-state index < -0.39 is 0 Å². The van der Waals surface area contributed by atoms with Gasteiger partial charge in [0.25, 0.3) is 0 Å². The van der Waals surface area contributed by atoms with Crippen molar-refractivity contribution in [3.05, 3.63) is 0 Å². The summed E-state index contributed by atoms with van der Waals surface area (Å²) in [5.41, 5.74) is 0.113. The molecule has 0 aliphatic heterocycles. The molecule has 3 heteroatoms. The summed E-state index contributed by atoms with van der Waals surface area (Å²) in [5, 5.41) is 17.6. The van der Waals surface area contributed by atoms with Crippen molar-refractivity contribution in [2.75, 3.05) is 0 Å². The lowest BCUT2D eigenvalue weighted by atomic mass is 10.0. The van der Waals surface area contributed by atoms with Gasteiger partial charge in [0.15, 0.2) is 0 Å². The zero-order valence-corrected chi connectivity index (χ0v) is 7.12. The Hall–Kier alpha value is -0.860. The maximum atomic E-state index is 7.63. The van der Waals surface area contributed by atoms with Gasteiger partial charge in [-0.05, 0) is 26.2 Å². The summed E-state index contributed by atoms with van der Waals surface area (Å²) < 4.78 is 0. The highest BCUT2D eigenvalue weighted by atomic mass is 15.0. The molecular weight excluding hydrogens is 138 g/mol. The van der Waals surface area contributed by atoms with Crippen LogP contribution < -0.4 is 5.32 Å². The second kappa shape index (κ2) is 2.64. The lowest BCUT2D eigenvalue weighted by molar-refractivity contribution is 0.650. The average Bonchev–Trinajstić information content (AvgIpc) is 2.65. The van der Waals surface area contributed by atoms with Crippen molar-refractivity contribution in [3.8, 4) is 0 Å². The van der Waals surface area contributed by atoms with Gasteiger partial charge in [-0.1, -0.05) is 6.92 Å². The minimum Gasteiger partial charge on any atom is -0.333 e. The van der Waals surface area contributed by atoms with Crippen LogP contribution in [0.15, 0.2) is 0 Å². The molecule has 0 unspecified atom stereocenters. The maximum absolute atomic E-state index is 7.63. The van der Waals surface area contributed by atoms with Gasteiger partial charge < -0.3 is 5.32 Å². The second-order valence-electron chi connectivity index (χ2n) is 3.26. The monoisotopic (exact) mass is 153 g/mol. The first-order valence-corrected chi connectivity index (χ1v) is 4.02. The molecule has 0 saturated heterocycles. The second-order valence-corrected chi connectivity index (χ2v) is 3.26. The third kappa shape index (κ3) is 1.59. The Morgan fingerprint density at radius 3 is 2.27 bits per heavy atom. The Bertz CT molecular complexity index is 192. The molecule has 0 spiro atoms. The number of rotatable bonds is 2. The predicted molar refractivity (Wildman–Crippen MR) is 46.2 cm³/mol. The van der Waals surface area contributed by atoms with Crippen LogP contribution in [0, 0.1) is 16.2 Å². The van der Waals surface area contributed by atoms with E-state index in [0.29, 0.717) is 11.7 Å². The van der Waals surface area contributed by atoms with Gasteiger partial charge in [-0.2, -0.15) is 0 Å². The van der Waals surface area contributed by atoms with E-state index in [0.717, 1.165) is 19.3 Å². The first kappa shape index (κ1) is 8.24. The number of hydrogen-bond donors (Lipinski definition) is 3. The fraction of sp³-hybridized carbons (Fsp3) is 0.750. The van der Waals surface area contributed by atoms with Crippen molar-refractivity contribution >= 4 is 11.7 Å². The summed E-state index contributed by atoms with van der Waals surface area (Å²) in [6.45, 7) is 3.77. The molecule has 1 fully saturated rings. The van der Waals surface area contributed by atoms with Crippen molar-refractivity contribution in [1.29, 1.82) is 10.8 Å². The maximum Gasteiger partial charge on any atom is 0.105 e. The van der Waals surface area contributed by atoms with Gasteiger partial charge in [0.05, 0.1) is 5.84 Å². The van der Waals surface area contributed by atoms with Gasteiger partial charge >= 0.3 is 0 Å². The fourth-order valence-electron chi connectivity index (χ4n) is 1.25. The van der Waals surface area contributed by atoms with Crippen LogP contribution >= 0.6 is 0 Å². The van der Waals surface area contributed by atoms with Gasteiger partial charge in [0, 0.05) is 5.41 Å². The molecule has 62 valence electrons. The van der Waals surface area contributed by atoms with Crippen LogP contribution in [0.2, 0.25) is 0 Å². The molecule has 0 aromatic rings. The van der Waals surface area contributed by atoms with E-state index in [1.165, 1.54) is 0 Å². The standard InChI is InChI=1S/C8H15N3/c1-3-8(4-5-8)7(10)11-6(2)9/h3-5H2,1-2H3,(H3,9,10,11). The van der Waals surface area contributed by atoms with E-state index in [2.05, 4.69) is 12.2 Å². The third-order valence-electron chi connectivity index (χ3n) is 2.37. The van der Waals surface area contributed by atoms with Gasteiger partial charge in [-0.15, -0.1) is 0 Å². The molecule has 0 heterocycles. The Kier molecular flexibility index (Phi) is 1.98. The van der Waals surface area contributed by atoms with E-state index in [4.69, 9.17) is 10.8 Å². The molecule has 1 saturated carbocycles. The summed E-state index contributed by atoms with van der Waals surface area (Å²) in [6, 6.07) is 0. The van der Waals surface area contributed by atoms with Crippen LogP contribution in [0.5, 0.6) is 0 Å². The highest BCUT2D eigenvalue weighted by molar-refractivity contribution is 6.00. The van der Waals surface area contributed by atoms with Crippen molar-refractivity contribution in [3.63, 3.8) is 0 Å². The van der Waals surface area contributed by atoms with Crippen LogP contribution in [0.3, 0.4) is 0 Å². The zero-order chi connectivity index (χ0) is 8.48. The summed E-state index contributed by atoms with van der Waals surface area (Å²) >= 11 is 0. The van der Waals surface area contributed by atoms with Crippen LogP contribution in [-0.2, 0) is 0 Å². The minimum absolute atomic E-state index is 0.113. The molecule has 1 rings (SSSR count). The molecule has 0 aromatic heterocycles. The van der Waals surface area contributed by atoms with Gasteiger partial charge in [0.1, 0.15) is 5.84 Å². The lowest BCUT2D eigenvalue weighted by Gasteiger charge is -2.14. The molecular formula is C8H15N3. The molecule has 11 heavy (non-hydrogen) atoms. The Morgan fingerprint density at radius 1 is 1.45 bits per heavy atom. The summed E-state index contributed by atoms with van der Waals surface area (Å²) in [5.74, 6) is 0.905. The van der Waals surface area contributed by atoms with Crippen LogP contribution in [0.25, 0.3) is 0 Å². The molecule has 1 aliphatic rings. The molecule has 0 radical (unpaired) electrons. The third-order valence-corrected chi connectivity index (χ3v) is 2.37. The van der Waals surface area contributed by atoms with Crippen molar-refractivity contribution in [2.24, 2.45) is 5.41 Å². The topological polar surface area (TPSA) is 59.7 Å². The average molecular weight is 153 g/mol. The smallest absolute Gasteiger partial charge is 0.105 e. The number of amidine groups is 2. The van der Waals surface area contributed by atoms with Crippen LogP contribution in [-0.4, -0.2) is 11.7 Å². The number of hydrogen-bond acceptors (Lipinski definition) is 2. The van der Waals surface area contributed by atoms with E-state index in [1.54, 1.807) is 6.92 Å². The first-order chi connectivity index (χ1) is 5.10. The normalized spacial score (nSPS) is 19.1. The van der Waals surface area contributed by atoms with Crippen LogP contribution in [0.1, 0.15) is 33.1 Å². The SMILES string of the molecule is CCC1(C(=N)NC(C)=N)CC1. The molecule has 0 amide bonds. The van der Waals surface area contributed by atoms with E-state index in [1.807, 2.05) is 0 Å². The summed E-state index contributed by atoms with van der Waals surface area (Å²) in [7, 11) is 0. The molecule has 0 atom stereocenters. The highest BCUT2D eigenvalue weighted by Crippen LogP contribution is 2.48. The Morgan fingerprint density at radius 2 is 2.00 bits per heavy atom. The van der Waals surface area contributed by atoms with E-state index in [-0.39, 0.29) is 5.41 Å². The summed E-state index contributed by atoms with van der Waals surface area (Å²) in [6.07, 6.45) is 3.25. The quantitative estimate of drug-likeness (QED) is 0.410. The zero-order valence-electron chi connectivity index (χ0n) is 7.12. The summed E-state index contributed by atoms with van der Waals surface area (Å²) in [4.78, 5) is 0. The fourth-order valence-corrected chi connectivity index (χ4v) is 1.25. The predicted octanol–water partition coefficient (Wildman–Crippen LogP) is 1.74. The molecule has 1 aliphatic carbocycles. The minimum atomic E-state index is 0.113. The molecule has 0 aromatic carbocycles. The Balaban J connectivity index is 2.48. The molecule has 0 bridgehead atoms. The van der Waals surface area contributed by atoms with E-state index >= 15 is 0 Å². The molecule has 3 nitrogen and oxygen atoms in total. The van der Waals surface area contributed by atoms with Crippen molar-refractivity contribution in [2.45, 2.75) is 33.1 Å². The van der Waals surface area contributed by atoms with Crippen molar-refractivity contribution in [1.82, 2.24) is 5.32 Å². The lowest BCUT2D eigenvalue weighted by Crippen LogP contribution is -2.33. The largest absolute Gasteiger partial charge is 0.333 e. The van der Waals surface area contributed by atoms with Crippen molar-refractivity contribution < 1.29 is 0 Å². The van der Waals surface area contributed by atoms with Gasteiger partial charge in [-0.25, -0.2) is 0 Å².